The molecule has 1 aliphatic heterocycles. The summed E-state index contributed by atoms with van der Waals surface area (Å²) in [7, 11) is 0. The van der Waals surface area contributed by atoms with Crippen molar-refractivity contribution in [3.8, 4) is 0 Å². The molecule has 140 valence electrons. The van der Waals surface area contributed by atoms with E-state index in [1.165, 1.54) is 0 Å². The number of hydrogen-bond donors (Lipinski definition) is 3. The van der Waals surface area contributed by atoms with E-state index in [0.717, 1.165) is 17.7 Å². The average Bonchev–Trinajstić information content (AvgIpc) is 2.74. The van der Waals surface area contributed by atoms with Crippen LogP contribution in [0.3, 0.4) is 0 Å². The molecule has 0 aromatic heterocycles. The van der Waals surface area contributed by atoms with E-state index in [1.54, 1.807) is 0 Å². The third kappa shape index (κ3) is 4.70. The van der Waals surface area contributed by atoms with E-state index >= 15 is 0 Å². The predicted octanol–water partition coefficient (Wildman–Crippen LogP) is 0.518. The molecule has 5 amide bonds. The molecule has 0 aromatic rings. The van der Waals surface area contributed by atoms with Gasteiger partial charge >= 0.3 is 6.03 Å². The Balaban J connectivity index is 1.81. The number of nitrogens with zero attached hydrogens (tertiary/aromatic N) is 1. The van der Waals surface area contributed by atoms with Gasteiger partial charge in [0.2, 0.25) is 11.8 Å². The van der Waals surface area contributed by atoms with Gasteiger partial charge in [0.25, 0.3) is 5.91 Å². The molecule has 25 heavy (non-hydrogen) atoms. The first kappa shape index (κ1) is 19.2. The van der Waals surface area contributed by atoms with Gasteiger partial charge in [0.15, 0.2) is 0 Å². The molecule has 2 rings (SSSR count). The van der Waals surface area contributed by atoms with Gasteiger partial charge in [-0.05, 0) is 45.4 Å². The Labute approximate surface area is 148 Å². The Morgan fingerprint density at radius 2 is 1.88 bits per heavy atom. The van der Waals surface area contributed by atoms with Crippen LogP contribution < -0.4 is 16.0 Å². The smallest absolute Gasteiger partial charge is 0.325 e. The Hall–Kier alpha value is -2.12. The molecule has 1 aliphatic carbocycles. The molecule has 1 heterocycles. The lowest BCUT2D eigenvalue weighted by molar-refractivity contribution is -0.136. The van der Waals surface area contributed by atoms with Crippen LogP contribution in [0.15, 0.2) is 0 Å². The molecule has 1 saturated heterocycles. The monoisotopic (exact) mass is 352 g/mol. The summed E-state index contributed by atoms with van der Waals surface area (Å²) >= 11 is 0. The van der Waals surface area contributed by atoms with Gasteiger partial charge in [-0.2, -0.15) is 0 Å². The van der Waals surface area contributed by atoms with Gasteiger partial charge in [-0.15, -0.1) is 0 Å². The molecule has 2 aliphatic rings. The normalized spacial score (nSPS) is 26.1. The van der Waals surface area contributed by atoms with E-state index in [0.29, 0.717) is 18.8 Å². The summed E-state index contributed by atoms with van der Waals surface area (Å²) in [4.78, 5) is 49.3. The molecule has 8 nitrogen and oxygen atoms in total. The van der Waals surface area contributed by atoms with Crippen LogP contribution in [0, 0.1) is 5.92 Å². The Morgan fingerprint density at radius 3 is 2.48 bits per heavy atom. The maximum absolute atomic E-state index is 12.6. The second kappa shape index (κ2) is 7.84. The summed E-state index contributed by atoms with van der Waals surface area (Å²) in [6, 6.07) is -0.462. The highest BCUT2D eigenvalue weighted by Gasteiger charge is 2.52. The van der Waals surface area contributed by atoms with E-state index in [1.807, 2.05) is 13.8 Å². The maximum Gasteiger partial charge on any atom is 0.325 e. The molecule has 1 spiro atoms. The highest BCUT2D eigenvalue weighted by molar-refractivity contribution is 6.09. The maximum atomic E-state index is 12.6. The van der Waals surface area contributed by atoms with Gasteiger partial charge in [0.05, 0.1) is 0 Å². The zero-order chi connectivity index (χ0) is 18.6. The van der Waals surface area contributed by atoms with Crippen molar-refractivity contribution in [2.75, 3.05) is 13.1 Å². The summed E-state index contributed by atoms with van der Waals surface area (Å²) in [6.45, 7) is 5.71. The molecular weight excluding hydrogens is 324 g/mol. The SMILES string of the molecule is CC1CCC2(CC1)NC(=O)N(CC(=O)NCCC(=O)NC(C)C)C2=O. The fourth-order valence-electron chi connectivity index (χ4n) is 3.32. The standard InChI is InChI=1S/C17H28N4O4/c1-11(2)19-13(22)6-9-18-14(23)10-21-15(24)17(20-16(21)25)7-4-12(3)5-8-17/h11-12H,4-10H2,1-3H3,(H,18,23)(H,19,22)(H,20,25). The van der Waals surface area contributed by atoms with E-state index in [9.17, 15) is 19.2 Å². The van der Waals surface area contributed by atoms with Gasteiger partial charge in [-0.25, -0.2) is 4.79 Å². The zero-order valence-electron chi connectivity index (χ0n) is 15.2. The Morgan fingerprint density at radius 1 is 1.24 bits per heavy atom. The number of urea groups is 1. The first-order chi connectivity index (χ1) is 11.7. The third-order valence-electron chi connectivity index (χ3n) is 4.80. The van der Waals surface area contributed by atoms with Crippen LogP contribution in [0.25, 0.3) is 0 Å². The molecule has 0 aromatic carbocycles. The molecule has 8 heteroatoms. The van der Waals surface area contributed by atoms with Crippen LogP contribution in [0.1, 0.15) is 52.9 Å². The minimum absolute atomic E-state index is 0.0449. The van der Waals surface area contributed by atoms with Crippen LogP contribution in [-0.4, -0.2) is 53.3 Å². The number of nitrogens with one attached hydrogen (secondary N) is 3. The van der Waals surface area contributed by atoms with Crippen molar-refractivity contribution in [3.63, 3.8) is 0 Å². The van der Waals surface area contributed by atoms with E-state index < -0.39 is 17.5 Å². The average molecular weight is 352 g/mol. The van der Waals surface area contributed by atoms with Crippen molar-refractivity contribution in [1.29, 1.82) is 0 Å². The molecule has 0 atom stereocenters. The van der Waals surface area contributed by atoms with Crippen LogP contribution in [0.5, 0.6) is 0 Å². The largest absolute Gasteiger partial charge is 0.354 e. The van der Waals surface area contributed by atoms with E-state index in [4.69, 9.17) is 0 Å². The molecule has 1 saturated carbocycles. The van der Waals surface area contributed by atoms with Crippen molar-refractivity contribution in [3.05, 3.63) is 0 Å². The number of rotatable bonds is 6. The van der Waals surface area contributed by atoms with Crippen LogP contribution in [0.2, 0.25) is 0 Å². The van der Waals surface area contributed by atoms with Gasteiger partial charge in [0, 0.05) is 19.0 Å². The topological polar surface area (TPSA) is 108 Å². The van der Waals surface area contributed by atoms with E-state index in [-0.39, 0.29) is 37.4 Å². The number of amides is 5. The summed E-state index contributed by atoms with van der Waals surface area (Å²) in [5, 5.41) is 8.09. The molecule has 0 radical (unpaired) electrons. The second-order valence-electron chi connectivity index (χ2n) is 7.41. The zero-order valence-corrected chi connectivity index (χ0v) is 15.2. The van der Waals surface area contributed by atoms with Crippen LogP contribution in [-0.2, 0) is 14.4 Å². The lowest BCUT2D eigenvalue weighted by Gasteiger charge is -2.33. The fraction of sp³-hybridized carbons (Fsp3) is 0.765. The molecule has 3 N–H and O–H groups in total. The fourth-order valence-corrected chi connectivity index (χ4v) is 3.32. The van der Waals surface area contributed by atoms with Gasteiger partial charge in [-0.1, -0.05) is 6.92 Å². The van der Waals surface area contributed by atoms with Crippen molar-refractivity contribution in [1.82, 2.24) is 20.9 Å². The summed E-state index contributed by atoms with van der Waals surface area (Å²) in [6.07, 6.45) is 3.17. The summed E-state index contributed by atoms with van der Waals surface area (Å²) < 4.78 is 0. The van der Waals surface area contributed by atoms with Crippen molar-refractivity contribution < 1.29 is 19.2 Å². The van der Waals surface area contributed by atoms with Crippen LogP contribution in [0.4, 0.5) is 4.79 Å². The number of carbonyl (C=O) groups excluding carboxylic acids is 4. The Bertz CT molecular complexity index is 553. The number of hydrogen-bond acceptors (Lipinski definition) is 4. The lowest BCUT2D eigenvalue weighted by atomic mass is 9.77. The van der Waals surface area contributed by atoms with Crippen molar-refractivity contribution in [2.45, 2.75) is 64.5 Å². The molecule has 2 fully saturated rings. The highest BCUT2D eigenvalue weighted by atomic mass is 16.2. The Kier molecular flexibility index (Phi) is 6.02. The molecule has 0 bridgehead atoms. The molecule has 0 unspecified atom stereocenters. The van der Waals surface area contributed by atoms with E-state index in [2.05, 4.69) is 22.9 Å². The first-order valence-electron chi connectivity index (χ1n) is 8.93. The minimum atomic E-state index is -0.832. The van der Waals surface area contributed by atoms with Gasteiger partial charge in [-0.3, -0.25) is 19.3 Å². The van der Waals surface area contributed by atoms with Gasteiger partial charge in [0.1, 0.15) is 12.1 Å². The highest BCUT2D eigenvalue weighted by Crippen LogP contribution is 2.36. The quantitative estimate of drug-likeness (QED) is 0.606. The lowest BCUT2D eigenvalue weighted by Crippen LogP contribution is -2.50. The van der Waals surface area contributed by atoms with Crippen molar-refractivity contribution in [2.24, 2.45) is 5.92 Å². The van der Waals surface area contributed by atoms with Crippen molar-refractivity contribution >= 4 is 23.8 Å². The van der Waals surface area contributed by atoms with Crippen LogP contribution >= 0.6 is 0 Å². The predicted molar refractivity (Wildman–Crippen MR) is 91.5 cm³/mol. The first-order valence-corrected chi connectivity index (χ1v) is 8.93. The second-order valence-corrected chi connectivity index (χ2v) is 7.41. The minimum Gasteiger partial charge on any atom is -0.354 e. The third-order valence-corrected chi connectivity index (χ3v) is 4.80. The summed E-state index contributed by atoms with van der Waals surface area (Å²) in [5.74, 6) is -0.357. The molecular formula is C17H28N4O4. The van der Waals surface area contributed by atoms with Gasteiger partial charge < -0.3 is 16.0 Å². The number of carbonyl (C=O) groups is 4. The summed E-state index contributed by atoms with van der Waals surface area (Å²) in [5.41, 5.74) is -0.832. The number of imide groups is 1.